The predicted octanol–water partition coefficient (Wildman–Crippen LogP) is 2.85. The summed E-state index contributed by atoms with van der Waals surface area (Å²) in [5.74, 6) is 0. The maximum atomic E-state index is 11.1. The Morgan fingerprint density at radius 1 is 1.25 bits per heavy atom. The average Bonchev–Trinajstić information content (AvgIpc) is 2.51. The third-order valence-corrected chi connectivity index (χ3v) is 4.26. The maximum absolute atomic E-state index is 11.1. The number of nitrogens with zero attached hydrogens (tertiary/aromatic N) is 1. The molecule has 1 saturated heterocycles. The molecule has 1 aromatic carbocycles. The molecule has 134 valence electrons. The molecule has 1 aromatic rings. The molecule has 0 unspecified atom stereocenters. The fourth-order valence-corrected chi connectivity index (χ4v) is 3.17. The van der Waals surface area contributed by atoms with Gasteiger partial charge in [0.25, 0.3) is 0 Å². The van der Waals surface area contributed by atoms with Gasteiger partial charge in [-0.1, -0.05) is 30.3 Å². The topological polar surface area (TPSA) is 79.2 Å². The summed E-state index contributed by atoms with van der Waals surface area (Å²) in [4.78, 5) is 12.5. The van der Waals surface area contributed by atoms with E-state index in [1.165, 1.54) is 4.90 Å². The molecule has 0 atom stereocenters. The van der Waals surface area contributed by atoms with Crippen molar-refractivity contribution in [1.29, 1.82) is 0 Å². The van der Waals surface area contributed by atoms with Crippen LogP contribution in [0.1, 0.15) is 38.7 Å². The van der Waals surface area contributed by atoms with Crippen LogP contribution in [-0.4, -0.2) is 52.3 Å². The maximum Gasteiger partial charge on any atom is 0.407 e. The summed E-state index contributed by atoms with van der Waals surface area (Å²) in [6, 6.07) is 9.83. The second-order valence-corrected chi connectivity index (χ2v) is 7.04. The van der Waals surface area contributed by atoms with E-state index >= 15 is 0 Å². The van der Waals surface area contributed by atoms with Crippen molar-refractivity contribution < 1.29 is 24.5 Å². The van der Waals surface area contributed by atoms with Crippen LogP contribution in [0, 0.1) is 0 Å². The zero-order valence-corrected chi connectivity index (χ0v) is 14.4. The minimum atomic E-state index is -0.910. The van der Waals surface area contributed by atoms with Crippen molar-refractivity contribution in [2.75, 3.05) is 19.9 Å². The number of benzene rings is 1. The largest absolute Gasteiger partial charge is 0.465 e. The smallest absolute Gasteiger partial charge is 0.407 e. The first-order valence-corrected chi connectivity index (χ1v) is 8.26. The van der Waals surface area contributed by atoms with Gasteiger partial charge in [0.1, 0.15) is 6.79 Å². The summed E-state index contributed by atoms with van der Waals surface area (Å²) >= 11 is 0. The van der Waals surface area contributed by atoms with Crippen LogP contribution in [0.3, 0.4) is 0 Å². The van der Waals surface area contributed by atoms with Gasteiger partial charge in [-0.05, 0) is 32.3 Å². The van der Waals surface area contributed by atoms with Gasteiger partial charge in [0, 0.05) is 19.5 Å². The Balaban J connectivity index is 1.88. The SMILES string of the molecule is CC(C)(O)CC1(OCOCc2ccccc2)CCN(C(=O)O)CC1. The Labute approximate surface area is 143 Å². The number of ether oxygens (including phenoxy) is 2. The predicted molar refractivity (Wildman–Crippen MR) is 89.7 cm³/mol. The van der Waals surface area contributed by atoms with E-state index in [0.717, 1.165) is 5.56 Å². The van der Waals surface area contributed by atoms with Crippen molar-refractivity contribution in [2.45, 2.75) is 50.9 Å². The zero-order valence-electron chi connectivity index (χ0n) is 14.4. The second kappa shape index (κ2) is 7.96. The summed E-state index contributed by atoms with van der Waals surface area (Å²) in [5, 5.41) is 19.3. The molecular formula is C18H27NO5. The molecule has 1 heterocycles. The molecule has 1 amide bonds. The van der Waals surface area contributed by atoms with Crippen LogP contribution in [0.4, 0.5) is 4.79 Å². The molecule has 0 saturated carbocycles. The van der Waals surface area contributed by atoms with Gasteiger partial charge in [0.05, 0.1) is 17.8 Å². The minimum absolute atomic E-state index is 0.123. The highest BCUT2D eigenvalue weighted by Gasteiger charge is 2.40. The summed E-state index contributed by atoms with van der Waals surface area (Å²) in [7, 11) is 0. The highest BCUT2D eigenvalue weighted by molar-refractivity contribution is 5.65. The first-order chi connectivity index (χ1) is 11.3. The number of hydrogen-bond donors (Lipinski definition) is 2. The van der Waals surface area contributed by atoms with Crippen LogP contribution >= 0.6 is 0 Å². The fraction of sp³-hybridized carbons (Fsp3) is 0.611. The third-order valence-electron chi connectivity index (χ3n) is 4.26. The van der Waals surface area contributed by atoms with Crippen molar-refractivity contribution in [3.63, 3.8) is 0 Å². The molecule has 0 spiro atoms. The molecule has 24 heavy (non-hydrogen) atoms. The van der Waals surface area contributed by atoms with E-state index in [4.69, 9.17) is 14.6 Å². The Morgan fingerprint density at radius 3 is 2.42 bits per heavy atom. The first kappa shape index (κ1) is 18.7. The number of likely N-dealkylation sites (tertiary alicyclic amines) is 1. The molecule has 0 bridgehead atoms. The Bertz CT molecular complexity index is 518. The van der Waals surface area contributed by atoms with Crippen molar-refractivity contribution in [3.8, 4) is 0 Å². The van der Waals surface area contributed by atoms with Crippen molar-refractivity contribution in [3.05, 3.63) is 35.9 Å². The molecule has 0 radical (unpaired) electrons. The molecule has 0 aromatic heterocycles. The van der Waals surface area contributed by atoms with Gasteiger partial charge in [-0.2, -0.15) is 0 Å². The molecule has 2 N–H and O–H groups in total. The highest BCUT2D eigenvalue weighted by atomic mass is 16.7. The van der Waals surface area contributed by atoms with E-state index in [9.17, 15) is 9.90 Å². The minimum Gasteiger partial charge on any atom is -0.465 e. The fourth-order valence-electron chi connectivity index (χ4n) is 3.17. The van der Waals surface area contributed by atoms with Crippen molar-refractivity contribution >= 4 is 6.09 Å². The van der Waals surface area contributed by atoms with E-state index in [2.05, 4.69) is 0 Å². The highest BCUT2D eigenvalue weighted by Crippen LogP contribution is 2.34. The molecule has 6 nitrogen and oxygen atoms in total. The van der Waals surface area contributed by atoms with Gasteiger partial charge in [0.15, 0.2) is 0 Å². The lowest BCUT2D eigenvalue weighted by molar-refractivity contribution is -0.182. The van der Waals surface area contributed by atoms with Crippen LogP contribution in [0.25, 0.3) is 0 Å². The number of rotatable bonds is 7. The van der Waals surface area contributed by atoms with Gasteiger partial charge in [-0.15, -0.1) is 0 Å². The number of piperidine rings is 1. The Morgan fingerprint density at radius 2 is 1.88 bits per heavy atom. The van der Waals surface area contributed by atoms with Crippen LogP contribution in [0.5, 0.6) is 0 Å². The van der Waals surface area contributed by atoms with E-state index in [1.54, 1.807) is 13.8 Å². The van der Waals surface area contributed by atoms with E-state index < -0.39 is 17.3 Å². The molecule has 6 heteroatoms. The van der Waals surface area contributed by atoms with Gasteiger partial charge >= 0.3 is 6.09 Å². The van der Waals surface area contributed by atoms with Gasteiger partial charge in [-0.25, -0.2) is 4.79 Å². The lowest BCUT2D eigenvalue weighted by Gasteiger charge is -2.43. The second-order valence-electron chi connectivity index (χ2n) is 7.04. The molecule has 2 rings (SSSR count). The van der Waals surface area contributed by atoms with Gasteiger partial charge < -0.3 is 24.6 Å². The van der Waals surface area contributed by atoms with E-state index in [0.29, 0.717) is 39.0 Å². The summed E-state index contributed by atoms with van der Waals surface area (Å²) in [6.07, 6.45) is 0.644. The van der Waals surface area contributed by atoms with Crippen molar-refractivity contribution in [2.24, 2.45) is 0 Å². The van der Waals surface area contributed by atoms with Crippen molar-refractivity contribution in [1.82, 2.24) is 4.90 Å². The van der Waals surface area contributed by atoms with Gasteiger partial charge in [0.2, 0.25) is 0 Å². The third kappa shape index (κ3) is 5.78. The Kier molecular flexibility index (Phi) is 6.21. The lowest BCUT2D eigenvalue weighted by atomic mass is 9.82. The molecule has 1 aliphatic heterocycles. The van der Waals surface area contributed by atoms with E-state index in [1.807, 2.05) is 30.3 Å². The van der Waals surface area contributed by atoms with Crippen LogP contribution in [0.15, 0.2) is 30.3 Å². The first-order valence-electron chi connectivity index (χ1n) is 8.26. The summed E-state index contributed by atoms with van der Waals surface area (Å²) in [5.41, 5.74) is -0.371. The molecular weight excluding hydrogens is 310 g/mol. The number of carboxylic acid groups (broad SMARTS) is 1. The molecule has 1 fully saturated rings. The molecule has 1 aliphatic rings. The lowest BCUT2D eigenvalue weighted by Crippen LogP contribution is -2.50. The van der Waals surface area contributed by atoms with Crippen LogP contribution in [-0.2, 0) is 16.1 Å². The summed E-state index contributed by atoms with van der Waals surface area (Å²) in [6.45, 7) is 4.88. The number of amides is 1. The van der Waals surface area contributed by atoms with E-state index in [-0.39, 0.29) is 6.79 Å². The number of aliphatic hydroxyl groups is 1. The van der Waals surface area contributed by atoms with Crippen LogP contribution in [0.2, 0.25) is 0 Å². The molecule has 0 aliphatic carbocycles. The average molecular weight is 337 g/mol. The Hall–Kier alpha value is -1.63. The zero-order chi connectivity index (χ0) is 17.6. The van der Waals surface area contributed by atoms with Crippen LogP contribution < -0.4 is 0 Å². The quantitative estimate of drug-likeness (QED) is 0.591. The number of hydrogen-bond acceptors (Lipinski definition) is 4. The standard InChI is InChI=1S/C18H27NO5/c1-17(2,22)13-18(8-10-19(11-9-18)16(20)21)24-14-23-12-15-6-4-3-5-7-15/h3-7,22H,8-14H2,1-2H3,(H,20,21). The number of carbonyl (C=O) groups is 1. The van der Waals surface area contributed by atoms with Gasteiger partial charge in [-0.3, -0.25) is 0 Å². The summed E-state index contributed by atoms with van der Waals surface area (Å²) < 4.78 is 11.6. The monoisotopic (exact) mass is 337 g/mol. The normalized spacial score (nSPS) is 17.7.